The first-order valence-corrected chi connectivity index (χ1v) is 9.65. The number of nitrogens with one attached hydrogen (secondary N) is 2. The molecule has 154 valence electrons. The van der Waals surface area contributed by atoms with E-state index in [0.29, 0.717) is 22.8 Å². The van der Waals surface area contributed by atoms with Crippen LogP contribution < -0.4 is 22.3 Å². The van der Waals surface area contributed by atoms with Crippen LogP contribution in [0.5, 0.6) is 0 Å². The van der Waals surface area contributed by atoms with Gasteiger partial charge >= 0.3 is 5.69 Å². The molecular formula is C19H26N8O2. The van der Waals surface area contributed by atoms with Crippen LogP contribution in [0.25, 0.3) is 11.2 Å². The van der Waals surface area contributed by atoms with E-state index in [-0.39, 0.29) is 23.3 Å². The molecular weight excluding hydrogens is 372 g/mol. The van der Waals surface area contributed by atoms with E-state index >= 15 is 0 Å². The average molecular weight is 398 g/mol. The monoisotopic (exact) mass is 398 g/mol. The van der Waals surface area contributed by atoms with Gasteiger partial charge in [0.2, 0.25) is 5.95 Å². The Morgan fingerprint density at radius 1 is 1.31 bits per heavy atom. The van der Waals surface area contributed by atoms with Gasteiger partial charge in [-0.05, 0) is 44.2 Å². The van der Waals surface area contributed by atoms with Crippen LogP contribution in [0, 0.1) is 12.3 Å². The minimum absolute atomic E-state index is 0.0816. The van der Waals surface area contributed by atoms with Gasteiger partial charge in [0.1, 0.15) is 11.0 Å². The predicted octanol–water partition coefficient (Wildman–Crippen LogP) is 1.31. The molecule has 3 aromatic rings. The first-order chi connectivity index (χ1) is 13.9. The van der Waals surface area contributed by atoms with Crippen LogP contribution in [0.2, 0.25) is 0 Å². The molecule has 0 radical (unpaired) electrons. The first-order valence-electron chi connectivity index (χ1n) is 9.65. The number of anilines is 2. The van der Waals surface area contributed by atoms with Crippen LogP contribution in [0.4, 0.5) is 11.6 Å². The second-order valence-electron chi connectivity index (χ2n) is 7.57. The lowest BCUT2D eigenvalue weighted by Crippen LogP contribution is -2.30. The molecule has 10 heteroatoms. The Bertz CT molecular complexity index is 1170. The molecule has 4 N–H and O–H groups in total. The molecule has 1 aliphatic carbocycles. The summed E-state index contributed by atoms with van der Waals surface area (Å²) < 4.78 is 10.1. The Morgan fingerprint density at radius 2 is 2.03 bits per heavy atom. The molecule has 0 saturated heterocycles. The zero-order valence-electron chi connectivity index (χ0n) is 16.8. The molecule has 0 bridgehead atoms. The molecule has 0 aromatic carbocycles. The average Bonchev–Trinajstić information content (AvgIpc) is 2.96. The summed E-state index contributed by atoms with van der Waals surface area (Å²) in [6, 6.07) is 1.75. The molecule has 3 heterocycles. The number of pyridine rings is 1. The SMILES string of the molecule is COC1CCC(n2c(=O)n(C)c3cnc(Nc4cn(N)c(=N)cc4C)nc32)CC1. The highest BCUT2D eigenvalue weighted by Gasteiger charge is 2.26. The molecule has 3 aromatic heterocycles. The van der Waals surface area contributed by atoms with E-state index < -0.39 is 0 Å². The van der Waals surface area contributed by atoms with Crippen molar-refractivity contribution in [3.63, 3.8) is 0 Å². The van der Waals surface area contributed by atoms with E-state index in [1.54, 1.807) is 41.8 Å². The molecule has 0 unspecified atom stereocenters. The zero-order chi connectivity index (χ0) is 20.7. The van der Waals surface area contributed by atoms with E-state index in [4.69, 9.17) is 16.0 Å². The maximum absolute atomic E-state index is 12.9. The molecule has 0 amide bonds. The Hall–Kier alpha value is -3.14. The third-order valence-corrected chi connectivity index (χ3v) is 5.75. The van der Waals surface area contributed by atoms with Crippen molar-refractivity contribution in [1.82, 2.24) is 23.8 Å². The van der Waals surface area contributed by atoms with Crippen LogP contribution in [0.3, 0.4) is 0 Å². The number of nitrogens with zero attached hydrogens (tertiary/aromatic N) is 5. The summed E-state index contributed by atoms with van der Waals surface area (Å²) >= 11 is 0. The van der Waals surface area contributed by atoms with Gasteiger partial charge in [0.05, 0.1) is 24.2 Å². The molecule has 1 saturated carbocycles. The van der Waals surface area contributed by atoms with Crippen LogP contribution in [0.1, 0.15) is 37.3 Å². The van der Waals surface area contributed by atoms with Crippen molar-refractivity contribution in [3.05, 3.63) is 40.0 Å². The Kier molecular flexibility index (Phi) is 4.87. The van der Waals surface area contributed by atoms with Gasteiger partial charge in [-0.1, -0.05) is 0 Å². The number of hydrogen-bond acceptors (Lipinski definition) is 7. The highest BCUT2D eigenvalue weighted by Crippen LogP contribution is 2.31. The smallest absolute Gasteiger partial charge is 0.330 e. The zero-order valence-corrected chi connectivity index (χ0v) is 16.8. The largest absolute Gasteiger partial charge is 0.381 e. The predicted molar refractivity (Wildman–Crippen MR) is 110 cm³/mol. The van der Waals surface area contributed by atoms with Crippen molar-refractivity contribution in [2.75, 3.05) is 18.3 Å². The van der Waals surface area contributed by atoms with E-state index in [0.717, 1.165) is 31.2 Å². The molecule has 0 spiro atoms. The van der Waals surface area contributed by atoms with Crippen molar-refractivity contribution in [2.45, 2.75) is 44.8 Å². The van der Waals surface area contributed by atoms with Crippen LogP contribution in [-0.4, -0.2) is 37.0 Å². The van der Waals surface area contributed by atoms with Gasteiger partial charge in [0.25, 0.3) is 0 Å². The number of hydrogen-bond donors (Lipinski definition) is 3. The summed E-state index contributed by atoms with van der Waals surface area (Å²) in [7, 11) is 3.48. The van der Waals surface area contributed by atoms with Gasteiger partial charge in [-0.15, -0.1) is 0 Å². The number of methoxy groups -OCH3 is 1. The van der Waals surface area contributed by atoms with E-state index in [9.17, 15) is 4.79 Å². The van der Waals surface area contributed by atoms with Gasteiger partial charge in [0.15, 0.2) is 5.65 Å². The number of rotatable bonds is 4. The minimum Gasteiger partial charge on any atom is -0.381 e. The number of imidazole rings is 1. The molecule has 0 atom stereocenters. The summed E-state index contributed by atoms with van der Waals surface area (Å²) in [6.07, 6.45) is 7.15. The number of aryl methyl sites for hydroxylation is 2. The van der Waals surface area contributed by atoms with Gasteiger partial charge in [0, 0.05) is 20.2 Å². The summed E-state index contributed by atoms with van der Waals surface area (Å²) in [5.74, 6) is 6.17. The lowest BCUT2D eigenvalue weighted by atomic mass is 9.93. The number of nitrogens with two attached hydrogens (primary N) is 1. The van der Waals surface area contributed by atoms with Crippen molar-refractivity contribution in [3.8, 4) is 0 Å². The van der Waals surface area contributed by atoms with Crippen molar-refractivity contribution in [2.24, 2.45) is 7.05 Å². The second kappa shape index (κ2) is 7.36. The second-order valence-corrected chi connectivity index (χ2v) is 7.57. The van der Waals surface area contributed by atoms with Crippen LogP contribution in [-0.2, 0) is 11.8 Å². The molecule has 4 rings (SSSR count). The lowest BCUT2D eigenvalue weighted by Gasteiger charge is -2.28. The molecule has 1 aliphatic rings. The standard InChI is InChI=1S/C19H26N8O2/c1-11-8-16(20)26(21)10-14(11)23-18-22-9-15-17(24-18)27(19(28)25(15)2)12-4-6-13(29-3)7-5-12/h8-10,12-13,20H,4-7,21H2,1-3H3,(H,22,23,24). The number of fused-ring (bicyclic) bond motifs is 1. The maximum atomic E-state index is 12.9. The highest BCUT2D eigenvalue weighted by molar-refractivity contribution is 5.73. The minimum atomic E-state index is -0.0816. The normalized spacial score (nSPS) is 19.6. The highest BCUT2D eigenvalue weighted by atomic mass is 16.5. The van der Waals surface area contributed by atoms with Crippen LogP contribution in [0.15, 0.2) is 23.3 Å². The molecule has 10 nitrogen and oxygen atoms in total. The third-order valence-electron chi connectivity index (χ3n) is 5.75. The molecule has 1 fully saturated rings. The number of nitrogen functional groups attached to an aromatic ring is 1. The van der Waals surface area contributed by atoms with Gasteiger partial charge in [-0.2, -0.15) is 4.98 Å². The van der Waals surface area contributed by atoms with Crippen molar-refractivity contribution in [1.29, 1.82) is 5.41 Å². The quantitative estimate of drug-likeness (QED) is 0.568. The van der Waals surface area contributed by atoms with E-state index in [1.807, 2.05) is 6.92 Å². The van der Waals surface area contributed by atoms with Crippen LogP contribution >= 0.6 is 0 Å². The van der Waals surface area contributed by atoms with Crippen molar-refractivity contribution >= 4 is 22.8 Å². The Morgan fingerprint density at radius 3 is 2.72 bits per heavy atom. The number of ether oxygens (including phenoxy) is 1. The number of aromatic nitrogens is 5. The maximum Gasteiger partial charge on any atom is 0.330 e. The van der Waals surface area contributed by atoms with E-state index in [1.165, 1.54) is 4.68 Å². The van der Waals surface area contributed by atoms with Gasteiger partial charge in [-0.3, -0.25) is 19.2 Å². The summed E-state index contributed by atoms with van der Waals surface area (Å²) in [6.45, 7) is 1.88. The summed E-state index contributed by atoms with van der Waals surface area (Å²) in [5.41, 5.74) is 2.99. The van der Waals surface area contributed by atoms with Gasteiger partial charge in [-0.25, -0.2) is 9.78 Å². The lowest BCUT2D eigenvalue weighted by molar-refractivity contribution is 0.0584. The fourth-order valence-electron chi connectivity index (χ4n) is 3.98. The van der Waals surface area contributed by atoms with Gasteiger partial charge < -0.3 is 15.9 Å². The Balaban J connectivity index is 1.73. The fraction of sp³-hybridized carbons (Fsp3) is 0.474. The molecule has 29 heavy (non-hydrogen) atoms. The fourth-order valence-corrected chi connectivity index (χ4v) is 3.98. The van der Waals surface area contributed by atoms with E-state index in [2.05, 4.69) is 15.3 Å². The topological polar surface area (TPSA) is 129 Å². The summed E-state index contributed by atoms with van der Waals surface area (Å²) in [5, 5.41) is 10.9. The summed E-state index contributed by atoms with van der Waals surface area (Å²) in [4.78, 5) is 21.9. The molecule has 0 aliphatic heterocycles. The Labute approximate surface area is 167 Å². The van der Waals surface area contributed by atoms with Crippen molar-refractivity contribution < 1.29 is 4.74 Å². The first kappa shape index (κ1) is 19.2. The third kappa shape index (κ3) is 3.39.